The van der Waals surface area contributed by atoms with E-state index in [9.17, 15) is 13.5 Å². The van der Waals surface area contributed by atoms with Crippen LogP contribution in [0.4, 0.5) is 0 Å². The van der Waals surface area contributed by atoms with Crippen LogP contribution in [-0.4, -0.2) is 20.1 Å². The molecule has 0 saturated heterocycles. The molecule has 0 radical (unpaired) electrons. The van der Waals surface area contributed by atoms with Crippen molar-refractivity contribution in [2.75, 3.05) is 7.11 Å². The summed E-state index contributed by atoms with van der Waals surface area (Å²) in [5.41, 5.74) is 0.309. The normalized spacial score (nSPS) is 10.5. The molecule has 0 atom stereocenters. The van der Waals surface area contributed by atoms with Crippen LogP contribution in [0.1, 0.15) is 5.56 Å². The van der Waals surface area contributed by atoms with Crippen LogP contribution in [0.15, 0.2) is 18.2 Å². The third-order valence-corrected chi connectivity index (χ3v) is 2.28. The molecule has 1 rings (SSSR count). The molecule has 1 aromatic rings. The molecule has 0 saturated carbocycles. The van der Waals surface area contributed by atoms with Gasteiger partial charge >= 0.3 is 29.6 Å². The van der Waals surface area contributed by atoms with Crippen LogP contribution in [0, 0.1) is 0 Å². The number of hydrogen-bond acceptors (Lipinski definition) is 4. The van der Waals surface area contributed by atoms with E-state index in [0.29, 0.717) is 5.56 Å². The monoisotopic (exact) mass is 240 g/mol. The maximum atomic E-state index is 11.0. The number of ether oxygens (including phenoxy) is 1. The zero-order valence-electron chi connectivity index (χ0n) is 8.43. The van der Waals surface area contributed by atoms with Crippen molar-refractivity contribution in [3.8, 4) is 11.5 Å². The summed E-state index contributed by atoms with van der Waals surface area (Å²) in [4.78, 5) is 0. The Bertz CT molecular complexity index is 429. The van der Waals surface area contributed by atoms with E-state index in [-0.39, 0.29) is 41.1 Å². The summed E-state index contributed by atoms with van der Waals surface area (Å²) in [6.45, 7) is 0. The minimum Gasteiger partial charge on any atom is -0.870 e. The fourth-order valence-electron chi connectivity index (χ4n) is 1.01. The van der Waals surface area contributed by atoms with Crippen molar-refractivity contribution in [3.05, 3.63) is 23.8 Å². The maximum Gasteiger partial charge on any atom is 1.00 e. The molecule has 0 aliphatic heterocycles. The molecule has 0 fully saturated rings. The van der Waals surface area contributed by atoms with Gasteiger partial charge in [-0.2, -0.15) is 8.42 Å². The first-order valence-electron chi connectivity index (χ1n) is 3.71. The first-order valence-corrected chi connectivity index (χ1v) is 5.32. The van der Waals surface area contributed by atoms with Gasteiger partial charge in [-0.3, -0.25) is 4.55 Å². The Morgan fingerprint density at radius 3 is 2.53 bits per heavy atom. The van der Waals surface area contributed by atoms with E-state index in [1.165, 1.54) is 25.3 Å². The van der Waals surface area contributed by atoms with E-state index in [0.717, 1.165) is 0 Å². The van der Waals surface area contributed by atoms with Crippen molar-refractivity contribution in [2.24, 2.45) is 0 Å². The molecule has 0 unspecified atom stereocenters. The molecule has 15 heavy (non-hydrogen) atoms. The first kappa shape index (κ1) is 14.7. The summed E-state index contributed by atoms with van der Waals surface area (Å²) in [6.07, 6.45) is 0. The predicted octanol–water partition coefficient (Wildman–Crippen LogP) is -2.84. The van der Waals surface area contributed by atoms with Crippen LogP contribution in [0.5, 0.6) is 11.5 Å². The summed E-state index contributed by atoms with van der Waals surface area (Å²) >= 11 is 0. The zero-order chi connectivity index (χ0) is 10.8. The number of benzene rings is 1. The first-order chi connectivity index (χ1) is 6.42. The van der Waals surface area contributed by atoms with Gasteiger partial charge < -0.3 is 9.84 Å². The fraction of sp³-hybridized carbons (Fsp3) is 0.250. The molecule has 1 N–H and O–H groups in total. The van der Waals surface area contributed by atoms with Crippen LogP contribution in [-0.2, 0) is 15.9 Å². The van der Waals surface area contributed by atoms with Crippen LogP contribution in [0.2, 0.25) is 0 Å². The minimum atomic E-state index is -4.07. The van der Waals surface area contributed by atoms with Crippen LogP contribution >= 0.6 is 0 Å². The zero-order valence-corrected chi connectivity index (χ0v) is 11.2. The summed E-state index contributed by atoms with van der Waals surface area (Å²) < 4.78 is 34.3. The van der Waals surface area contributed by atoms with Gasteiger partial charge in [0.05, 0.1) is 7.11 Å². The quantitative estimate of drug-likeness (QED) is 0.454. The molecule has 0 amide bonds. The van der Waals surface area contributed by atoms with Gasteiger partial charge in [-0.15, -0.1) is 0 Å². The van der Waals surface area contributed by atoms with Gasteiger partial charge in [0.2, 0.25) is 0 Å². The van der Waals surface area contributed by atoms with E-state index in [4.69, 9.17) is 9.29 Å². The van der Waals surface area contributed by atoms with Gasteiger partial charge in [-0.1, -0.05) is 17.9 Å². The smallest absolute Gasteiger partial charge is 0.870 e. The van der Waals surface area contributed by atoms with Crippen LogP contribution in [0.25, 0.3) is 0 Å². The molecular weight excluding hydrogens is 231 g/mol. The Balaban J connectivity index is 0.00000196. The standard InChI is InChI=1S/C8H10O5S.Na/c1-13-8-4-6(2-3-7(8)9)5-14(10,11)12;/h2-4,9H,5H2,1H3,(H,10,11,12);/q;+1/p-1. The largest absolute Gasteiger partial charge is 1.00 e. The molecule has 7 heteroatoms. The van der Waals surface area contributed by atoms with E-state index in [2.05, 4.69) is 0 Å². The number of methoxy groups -OCH3 is 1. The van der Waals surface area contributed by atoms with Crippen molar-refractivity contribution in [1.82, 2.24) is 0 Å². The third-order valence-electron chi connectivity index (χ3n) is 1.58. The Hall–Kier alpha value is -0.270. The predicted molar refractivity (Wildman–Crippen MR) is 47.7 cm³/mol. The molecule has 1 aromatic carbocycles. The van der Waals surface area contributed by atoms with Gasteiger partial charge in [0.1, 0.15) is 11.5 Å². The SMILES string of the molecule is COc1cc(CS(=O)(=O)O)ccc1[O-].[Na+]. The maximum absolute atomic E-state index is 11.0. The van der Waals surface area contributed by atoms with E-state index < -0.39 is 15.9 Å². The average Bonchev–Trinajstić information content (AvgIpc) is 2.06. The second kappa shape index (κ2) is 5.72. The van der Waals surface area contributed by atoms with Crippen molar-refractivity contribution in [1.29, 1.82) is 0 Å². The average molecular weight is 240 g/mol. The van der Waals surface area contributed by atoms with Crippen molar-refractivity contribution >= 4 is 10.1 Å². The van der Waals surface area contributed by atoms with Crippen LogP contribution < -0.4 is 39.4 Å². The summed E-state index contributed by atoms with van der Waals surface area (Å²) in [5.74, 6) is -0.790. The fourth-order valence-corrected chi connectivity index (χ4v) is 1.61. The number of rotatable bonds is 3. The Morgan fingerprint density at radius 2 is 2.07 bits per heavy atom. The Labute approximate surface area is 110 Å². The minimum absolute atomic E-state index is 0. The second-order valence-electron chi connectivity index (χ2n) is 2.71. The molecule has 78 valence electrons. The van der Waals surface area contributed by atoms with Crippen LogP contribution in [0.3, 0.4) is 0 Å². The van der Waals surface area contributed by atoms with Gasteiger partial charge in [-0.25, -0.2) is 0 Å². The summed E-state index contributed by atoms with van der Waals surface area (Å²) in [5, 5.41) is 11.0. The Morgan fingerprint density at radius 1 is 1.47 bits per heavy atom. The van der Waals surface area contributed by atoms with Crippen molar-refractivity contribution < 1.29 is 52.4 Å². The molecule has 0 bridgehead atoms. The summed E-state index contributed by atoms with van der Waals surface area (Å²) in [6, 6.07) is 3.81. The van der Waals surface area contributed by atoms with Crippen molar-refractivity contribution in [3.63, 3.8) is 0 Å². The molecular formula is C8H9NaO5S. The second-order valence-corrected chi connectivity index (χ2v) is 4.16. The van der Waals surface area contributed by atoms with E-state index >= 15 is 0 Å². The van der Waals surface area contributed by atoms with Gasteiger partial charge in [0.15, 0.2) is 0 Å². The van der Waals surface area contributed by atoms with E-state index in [1.54, 1.807) is 0 Å². The molecule has 0 heterocycles. The van der Waals surface area contributed by atoms with Gasteiger partial charge in [0.25, 0.3) is 10.1 Å². The molecule has 0 spiro atoms. The van der Waals surface area contributed by atoms with Gasteiger partial charge in [0, 0.05) is 0 Å². The molecule has 5 nitrogen and oxygen atoms in total. The molecule has 0 aliphatic carbocycles. The van der Waals surface area contributed by atoms with Gasteiger partial charge in [-0.05, 0) is 11.6 Å². The third kappa shape index (κ3) is 4.85. The molecule has 0 aliphatic rings. The Kier molecular flexibility index (Phi) is 5.61. The van der Waals surface area contributed by atoms with Crippen molar-refractivity contribution in [2.45, 2.75) is 5.75 Å². The summed E-state index contributed by atoms with van der Waals surface area (Å²) in [7, 11) is -2.76. The van der Waals surface area contributed by atoms with E-state index in [1.807, 2.05) is 0 Å². The number of hydrogen-bond donors (Lipinski definition) is 1. The molecule has 0 aromatic heterocycles. The topological polar surface area (TPSA) is 86.7 Å².